The molecule has 0 atom stereocenters. The van der Waals surface area contributed by atoms with Crippen molar-refractivity contribution in [3.63, 3.8) is 0 Å². The Morgan fingerprint density at radius 3 is 2.44 bits per heavy atom. The topological polar surface area (TPSA) is 66.5 Å². The zero-order chi connectivity index (χ0) is 20.2. The number of carbonyl (C=O) groups is 1. The first kappa shape index (κ1) is 21.0. The molecular weight excluding hydrogens is 374 g/mol. The highest BCUT2D eigenvalue weighted by Gasteiger charge is 2.29. The predicted molar refractivity (Wildman–Crippen MR) is 101 cm³/mol. The molecule has 0 aliphatic heterocycles. The van der Waals surface area contributed by atoms with Crippen LogP contribution in [0.3, 0.4) is 0 Å². The summed E-state index contributed by atoms with van der Waals surface area (Å²) in [6, 6.07) is 11.2. The van der Waals surface area contributed by atoms with E-state index in [1.807, 2.05) is 26.0 Å². The van der Waals surface area contributed by atoms with Gasteiger partial charge in [-0.25, -0.2) is 8.42 Å². The molecule has 1 amide bonds. The van der Waals surface area contributed by atoms with E-state index in [2.05, 4.69) is 11.4 Å². The number of nitrogens with one attached hydrogen (secondary N) is 1. The van der Waals surface area contributed by atoms with Crippen LogP contribution in [0.2, 0.25) is 0 Å². The minimum Gasteiger partial charge on any atom is -0.324 e. The van der Waals surface area contributed by atoms with Crippen molar-refractivity contribution in [2.75, 3.05) is 18.9 Å². The number of alkyl halides is 2. The second-order valence-corrected chi connectivity index (χ2v) is 8.34. The number of benzene rings is 2. The molecule has 0 aliphatic rings. The van der Waals surface area contributed by atoms with Crippen LogP contribution in [0, 0.1) is 13.8 Å². The number of nitrogens with zero attached hydrogens (tertiary/aromatic N) is 1. The van der Waals surface area contributed by atoms with Crippen LogP contribution in [0.5, 0.6) is 0 Å². The van der Waals surface area contributed by atoms with E-state index in [-0.39, 0.29) is 12.2 Å². The van der Waals surface area contributed by atoms with Gasteiger partial charge in [-0.3, -0.25) is 9.69 Å². The number of para-hydroxylation sites is 1. The summed E-state index contributed by atoms with van der Waals surface area (Å²) in [6.07, 6.45) is 0. The van der Waals surface area contributed by atoms with Crippen LogP contribution in [0.25, 0.3) is 0 Å². The van der Waals surface area contributed by atoms with Gasteiger partial charge in [0.25, 0.3) is 0 Å². The molecule has 0 aliphatic carbocycles. The van der Waals surface area contributed by atoms with Gasteiger partial charge in [-0.2, -0.15) is 8.78 Å². The van der Waals surface area contributed by atoms with Crippen molar-refractivity contribution in [1.29, 1.82) is 0 Å². The van der Waals surface area contributed by atoms with Gasteiger partial charge in [0.2, 0.25) is 15.7 Å². The summed E-state index contributed by atoms with van der Waals surface area (Å²) in [5.74, 6) is -4.04. The Kier molecular flexibility index (Phi) is 6.67. The zero-order valence-corrected chi connectivity index (χ0v) is 16.2. The molecule has 8 heteroatoms. The number of halogens is 2. The number of sulfone groups is 1. The predicted octanol–water partition coefficient (Wildman–Crippen LogP) is 3.37. The summed E-state index contributed by atoms with van der Waals surface area (Å²) in [5.41, 5.74) is 3.17. The van der Waals surface area contributed by atoms with Gasteiger partial charge in [0.1, 0.15) is 0 Å². The Bertz CT molecular complexity index is 930. The van der Waals surface area contributed by atoms with Gasteiger partial charge in [0, 0.05) is 6.54 Å². The monoisotopic (exact) mass is 396 g/mol. The molecule has 27 heavy (non-hydrogen) atoms. The van der Waals surface area contributed by atoms with Crippen molar-refractivity contribution in [1.82, 2.24) is 4.90 Å². The van der Waals surface area contributed by atoms with Gasteiger partial charge in [-0.05, 0) is 44.2 Å². The van der Waals surface area contributed by atoms with Gasteiger partial charge in [0.05, 0.1) is 17.1 Å². The lowest BCUT2D eigenvalue weighted by molar-refractivity contribution is -0.117. The van der Waals surface area contributed by atoms with Crippen molar-refractivity contribution in [3.05, 3.63) is 59.2 Å². The smallest absolute Gasteiger partial charge is 0.324 e. The molecule has 0 radical (unpaired) electrons. The Balaban J connectivity index is 2.08. The van der Waals surface area contributed by atoms with Crippen LogP contribution in [-0.2, 0) is 21.2 Å². The maximum atomic E-state index is 12.8. The molecule has 0 unspecified atom stereocenters. The quantitative estimate of drug-likeness (QED) is 0.779. The molecule has 2 aromatic carbocycles. The van der Waals surface area contributed by atoms with E-state index >= 15 is 0 Å². The molecule has 0 spiro atoms. The van der Waals surface area contributed by atoms with E-state index in [1.54, 1.807) is 11.9 Å². The second kappa shape index (κ2) is 8.58. The number of hydrogen-bond acceptors (Lipinski definition) is 4. The van der Waals surface area contributed by atoms with Crippen LogP contribution >= 0.6 is 0 Å². The summed E-state index contributed by atoms with van der Waals surface area (Å²) in [6.45, 7) is 4.49. The third-order valence-electron chi connectivity index (χ3n) is 4.05. The van der Waals surface area contributed by atoms with Crippen LogP contribution < -0.4 is 5.32 Å². The maximum absolute atomic E-state index is 12.8. The Morgan fingerprint density at radius 1 is 1.15 bits per heavy atom. The average Bonchev–Trinajstić information content (AvgIpc) is 2.57. The van der Waals surface area contributed by atoms with Gasteiger partial charge < -0.3 is 5.32 Å². The first-order chi connectivity index (χ1) is 12.6. The Labute approximate surface area is 157 Å². The molecule has 2 rings (SSSR count). The van der Waals surface area contributed by atoms with E-state index in [1.165, 1.54) is 18.2 Å². The zero-order valence-electron chi connectivity index (χ0n) is 15.4. The van der Waals surface area contributed by atoms with Gasteiger partial charge in [-0.15, -0.1) is 0 Å². The third kappa shape index (κ3) is 5.33. The fraction of sp³-hybridized carbons (Fsp3) is 0.316. The van der Waals surface area contributed by atoms with Crippen molar-refractivity contribution in [2.45, 2.75) is 31.0 Å². The largest absolute Gasteiger partial charge is 0.341 e. The minimum absolute atomic E-state index is 0.0175. The number of hydrogen-bond donors (Lipinski definition) is 1. The maximum Gasteiger partial charge on any atom is 0.341 e. The molecule has 2 aromatic rings. The van der Waals surface area contributed by atoms with E-state index in [0.29, 0.717) is 6.54 Å². The molecule has 0 fully saturated rings. The highest BCUT2D eigenvalue weighted by molar-refractivity contribution is 7.91. The number of aryl methyl sites for hydroxylation is 2. The summed E-state index contributed by atoms with van der Waals surface area (Å²) in [7, 11) is -3.05. The molecule has 1 N–H and O–H groups in total. The van der Waals surface area contributed by atoms with E-state index in [4.69, 9.17) is 0 Å². The van der Waals surface area contributed by atoms with Crippen molar-refractivity contribution >= 4 is 21.4 Å². The molecule has 0 bridgehead atoms. The molecule has 5 nitrogen and oxygen atoms in total. The SMILES string of the molecule is Cc1ccc(CN(C)CC(=O)Nc2ccccc2S(=O)(=O)C(F)F)c(C)c1. The molecular formula is C19H22F2N2O3S. The molecule has 146 valence electrons. The van der Waals surface area contributed by atoms with Gasteiger partial charge >= 0.3 is 5.76 Å². The fourth-order valence-electron chi connectivity index (χ4n) is 2.72. The molecule has 0 saturated carbocycles. The molecule has 0 saturated heterocycles. The first-order valence-electron chi connectivity index (χ1n) is 8.27. The van der Waals surface area contributed by atoms with Crippen LogP contribution in [0.15, 0.2) is 47.4 Å². The van der Waals surface area contributed by atoms with Crippen LogP contribution in [-0.4, -0.2) is 38.6 Å². The first-order valence-corrected chi connectivity index (χ1v) is 9.81. The lowest BCUT2D eigenvalue weighted by atomic mass is 10.1. The van der Waals surface area contributed by atoms with Crippen molar-refractivity contribution in [3.8, 4) is 0 Å². The van der Waals surface area contributed by atoms with Gasteiger partial charge in [0.15, 0.2) is 0 Å². The van der Waals surface area contributed by atoms with Crippen molar-refractivity contribution in [2.24, 2.45) is 0 Å². The lowest BCUT2D eigenvalue weighted by Gasteiger charge is -2.18. The van der Waals surface area contributed by atoms with Gasteiger partial charge in [-0.1, -0.05) is 35.9 Å². The van der Waals surface area contributed by atoms with E-state index < -0.39 is 26.4 Å². The Morgan fingerprint density at radius 2 is 1.81 bits per heavy atom. The molecule has 0 aromatic heterocycles. The lowest BCUT2D eigenvalue weighted by Crippen LogP contribution is -2.30. The second-order valence-electron chi connectivity index (χ2n) is 6.45. The normalized spacial score (nSPS) is 11.8. The number of carbonyl (C=O) groups excluding carboxylic acids is 1. The number of rotatable bonds is 7. The average molecular weight is 396 g/mol. The highest BCUT2D eigenvalue weighted by Crippen LogP contribution is 2.26. The summed E-state index contributed by atoms with van der Waals surface area (Å²) in [5, 5.41) is 2.42. The molecule has 0 heterocycles. The number of amides is 1. The highest BCUT2D eigenvalue weighted by atomic mass is 32.2. The minimum atomic E-state index is -4.80. The fourth-order valence-corrected chi connectivity index (χ4v) is 3.60. The standard InChI is InChI=1S/C19H22F2N2O3S/c1-13-8-9-15(14(2)10-13)11-23(3)12-18(24)22-16-6-4-5-7-17(16)27(25,26)19(20)21/h4-10,19H,11-12H2,1-3H3,(H,22,24). The van der Waals surface area contributed by atoms with Crippen LogP contribution in [0.1, 0.15) is 16.7 Å². The third-order valence-corrected chi connectivity index (χ3v) is 5.49. The van der Waals surface area contributed by atoms with Crippen molar-refractivity contribution < 1.29 is 22.0 Å². The van der Waals surface area contributed by atoms with Crippen LogP contribution in [0.4, 0.5) is 14.5 Å². The number of likely N-dealkylation sites (N-methyl/N-ethyl adjacent to an activating group) is 1. The number of anilines is 1. The summed E-state index contributed by atoms with van der Waals surface area (Å²) in [4.78, 5) is 13.4. The Hall–Kier alpha value is -2.32. The van der Waals surface area contributed by atoms with E-state index in [0.717, 1.165) is 22.8 Å². The summed E-state index contributed by atoms with van der Waals surface area (Å²) < 4.78 is 49.2. The summed E-state index contributed by atoms with van der Waals surface area (Å²) >= 11 is 0. The van der Waals surface area contributed by atoms with E-state index in [9.17, 15) is 22.0 Å².